The predicted molar refractivity (Wildman–Crippen MR) is 103 cm³/mol. The van der Waals surface area contributed by atoms with Crippen molar-refractivity contribution in [3.8, 4) is 6.07 Å². The van der Waals surface area contributed by atoms with E-state index in [4.69, 9.17) is 5.26 Å². The van der Waals surface area contributed by atoms with Crippen molar-refractivity contribution < 1.29 is 18.8 Å². The van der Waals surface area contributed by atoms with Crippen molar-refractivity contribution in [2.75, 3.05) is 13.1 Å². The molecule has 0 saturated carbocycles. The molecule has 1 saturated heterocycles. The molecule has 2 aromatic carbocycles. The van der Waals surface area contributed by atoms with Gasteiger partial charge in [-0.05, 0) is 48.2 Å². The van der Waals surface area contributed by atoms with Crippen molar-refractivity contribution in [2.24, 2.45) is 0 Å². The van der Waals surface area contributed by atoms with Crippen LogP contribution in [-0.2, 0) is 4.79 Å². The molecule has 1 fully saturated rings. The number of carbonyl (C=O) groups is 3. The summed E-state index contributed by atoms with van der Waals surface area (Å²) in [6.45, 7) is 0.0746. The molecule has 3 rings (SSSR count). The molecule has 0 aliphatic carbocycles. The summed E-state index contributed by atoms with van der Waals surface area (Å²) in [5, 5.41) is 10.9. The lowest BCUT2D eigenvalue weighted by molar-refractivity contribution is -0.122. The van der Waals surface area contributed by atoms with Crippen LogP contribution < -0.4 is 5.32 Å². The summed E-state index contributed by atoms with van der Waals surface area (Å²) in [7, 11) is 0. The Kier molecular flexibility index (Phi) is 5.87. The van der Waals surface area contributed by atoms with Gasteiger partial charge in [0.15, 0.2) is 0 Å². The minimum absolute atomic E-state index is 0.00129. The van der Waals surface area contributed by atoms with Crippen LogP contribution in [0.15, 0.2) is 53.4 Å². The quantitative estimate of drug-likeness (QED) is 0.786. The van der Waals surface area contributed by atoms with Crippen molar-refractivity contribution >= 4 is 34.9 Å². The fourth-order valence-electron chi connectivity index (χ4n) is 2.51. The number of carbonyl (C=O) groups excluding carboxylic acids is 3. The number of halogens is 1. The van der Waals surface area contributed by atoms with Gasteiger partial charge in [-0.2, -0.15) is 5.26 Å². The summed E-state index contributed by atoms with van der Waals surface area (Å²) in [5.41, 5.74) is 1.03. The lowest BCUT2D eigenvalue weighted by Gasteiger charge is -2.13. The Morgan fingerprint density at radius 3 is 2.57 bits per heavy atom. The van der Waals surface area contributed by atoms with E-state index in [-0.39, 0.29) is 29.5 Å². The summed E-state index contributed by atoms with van der Waals surface area (Å²) in [6, 6.07) is 14.0. The third-order valence-corrected chi connectivity index (χ3v) is 4.87. The maximum absolute atomic E-state index is 13.7. The highest BCUT2D eigenvalue weighted by Gasteiger charge is 2.34. The summed E-state index contributed by atoms with van der Waals surface area (Å²) in [4.78, 5) is 37.7. The van der Waals surface area contributed by atoms with Gasteiger partial charge in [-0.1, -0.05) is 18.2 Å². The molecule has 1 aliphatic rings. The maximum Gasteiger partial charge on any atom is 0.293 e. The first-order chi connectivity index (χ1) is 13.5. The van der Waals surface area contributed by atoms with Crippen molar-refractivity contribution in [3.05, 3.63) is 75.9 Å². The topological polar surface area (TPSA) is 90.3 Å². The molecule has 0 unspecified atom stereocenters. The molecule has 0 atom stereocenters. The Bertz CT molecular complexity index is 1010. The van der Waals surface area contributed by atoms with Crippen LogP contribution in [0.25, 0.3) is 6.08 Å². The molecule has 0 bridgehead atoms. The molecule has 28 heavy (non-hydrogen) atoms. The highest BCUT2D eigenvalue weighted by atomic mass is 32.2. The summed E-state index contributed by atoms with van der Waals surface area (Å²) >= 11 is 0.733. The van der Waals surface area contributed by atoms with Gasteiger partial charge in [0.05, 0.1) is 16.5 Å². The molecule has 0 aromatic heterocycles. The Morgan fingerprint density at radius 1 is 1.18 bits per heavy atom. The number of hydrogen-bond acceptors (Lipinski definition) is 5. The Labute approximate surface area is 164 Å². The second-order valence-corrected chi connectivity index (χ2v) is 6.79. The van der Waals surface area contributed by atoms with E-state index in [1.165, 1.54) is 48.5 Å². The molecule has 1 N–H and O–H groups in total. The van der Waals surface area contributed by atoms with Crippen LogP contribution in [0, 0.1) is 17.1 Å². The van der Waals surface area contributed by atoms with Crippen molar-refractivity contribution in [2.45, 2.75) is 0 Å². The molecule has 140 valence electrons. The SMILES string of the molecule is N#Cc1ccc(C(=O)NCCN2C(=O)S/C(=C\c3ccccc3F)C2=O)cc1. The van der Waals surface area contributed by atoms with E-state index in [1.54, 1.807) is 6.07 Å². The second-order valence-electron chi connectivity index (χ2n) is 5.80. The molecule has 0 radical (unpaired) electrons. The van der Waals surface area contributed by atoms with Crippen molar-refractivity contribution in [1.82, 2.24) is 10.2 Å². The van der Waals surface area contributed by atoms with Crippen molar-refractivity contribution in [1.29, 1.82) is 5.26 Å². The second kappa shape index (κ2) is 8.50. The average molecular weight is 395 g/mol. The van der Waals surface area contributed by atoms with Crippen LogP contribution in [0.3, 0.4) is 0 Å². The number of rotatable bonds is 5. The summed E-state index contributed by atoms with van der Waals surface area (Å²) in [5.74, 6) is -1.38. The highest BCUT2D eigenvalue weighted by Crippen LogP contribution is 2.32. The van der Waals surface area contributed by atoms with Crippen LogP contribution in [0.4, 0.5) is 9.18 Å². The lowest BCUT2D eigenvalue weighted by atomic mass is 10.1. The molecule has 2 aromatic rings. The molecular weight excluding hydrogens is 381 g/mol. The normalized spacial score (nSPS) is 15.0. The van der Waals surface area contributed by atoms with E-state index in [2.05, 4.69) is 5.32 Å². The number of nitrogens with zero attached hydrogens (tertiary/aromatic N) is 2. The lowest BCUT2D eigenvalue weighted by Crippen LogP contribution is -2.37. The van der Waals surface area contributed by atoms with Crippen LogP contribution in [0.1, 0.15) is 21.5 Å². The Morgan fingerprint density at radius 2 is 1.89 bits per heavy atom. The van der Waals surface area contributed by atoms with Crippen LogP contribution in [0.2, 0.25) is 0 Å². The van der Waals surface area contributed by atoms with E-state index in [9.17, 15) is 18.8 Å². The van der Waals surface area contributed by atoms with Gasteiger partial charge in [0.25, 0.3) is 17.1 Å². The Balaban J connectivity index is 1.59. The molecule has 6 nitrogen and oxygen atoms in total. The van der Waals surface area contributed by atoms with Gasteiger partial charge in [-0.3, -0.25) is 19.3 Å². The van der Waals surface area contributed by atoms with Gasteiger partial charge >= 0.3 is 0 Å². The number of amides is 3. The first kappa shape index (κ1) is 19.3. The number of imide groups is 1. The first-order valence-corrected chi connectivity index (χ1v) is 9.09. The first-order valence-electron chi connectivity index (χ1n) is 8.28. The van der Waals surface area contributed by atoms with Crippen LogP contribution >= 0.6 is 11.8 Å². The average Bonchev–Trinajstić information content (AvgIpc) is 2.97. The molecule has 3 amide bonds. The Hall–Kier alpha value is -3.44. The number of hydrogen-bond donors (Lipinski definition) is 1. The third-order valence-electron chi connectivity index (χ3n) is 3.96. The third kappa shape index (κ3) is 4.27. The fraction of sp³-hybridized carbons (Fsp3) is 0.100. The minimum Gasteiger partial charge on any atom is -0.350 e. The maximum atomic E-state index is 13.7. The van der Waals surface area contributed by atoms with E-state index in [0.717, 1.165) is 16.7 Å². The van der Waals surface area contributed by atoms with Crippen LogP contribution in [0.5, 0.6) is 0 Å². The molecule has 8 heteroatoms. The number of nitriles is 1. The number of thioether (sulfide) groups is 1. The van der Waals surface area contributed by atoms with Gasteiger partial charge in [0, 0.05) is 24.2 Å². The molecular formula is C20H14FN3O3S. The van der Waals surface area contributed by atoms with Gasteiger partial charge < -0.3 is 5.32 Å². The van der Waals surface area contributed by atoms with Gasteiger partial charge in [-0.15, -0.1) is 0 Å². The van der Waals surface area contributed by atoms with Gasteiger partial charge in [0.1, 0.15) is 5.82 Å². The zero-order valence-corrected chi connectivity index (χ0v) is 15.3. The van der Waals surface area contributed by atoms with E-state index in [0.29, 0.717) is 11.1 Å². The molecule has 1 heterocycles. The van der Waals surface area contributed by atoms with E-state index in [1.807, 2.05) is 6.07 Å². The molecule has 0 spiro atoms. The number of benzene rings is 2. The smallest absolute Gasteiger partial charge is 0.293 e. The highest BCUT2D eigenvalue weighted by molar-refractivity contribution is 8.18. The largest absolute Gasteiger partial charge is 0.350 e. The van der Waals surface area contributed by atoms with Crippen molar-refractivity contribution in [3.63, 3.8) is 0 Å². The monoisotopic (exact) mass is 395 g/mol. The van der Waals surface area contributed by atoms with E-state index >= 15 is 0 Å². The predicted octanol–water partition coefficient (Wildman–Crippen LogP) is 3.16. The molecule has 1 aliphatic heterocycles. The van der Waals surface area contributed by atoms with Crippen LogP contribution in [-0.4, -0.2) is 35.0 Å². The summed E-state index contributed by atoms with van der Waals surface area (Å²) < 4.78 is 13.7. The zero-order chi connectivity index (χ0) is 20.1. The fourth-order valence-corrected chi connectivity index (χ4v) is 3.36. The van der Waals surface area contributed by atoms with Gasteiger partial charge in [-0.25, -0.2) is 4.39 Å². The standard InChI is InChI=1S/C20H14FN3O3S/c21-16-4-2-1-3-15(16)11-17-19(26)24(20(27)28-17)10-9-23-18(25)14-7-5-13(12-22)6-8-14/h1-8,11H,9-10H2,(H,23,25)/b17-11-. The zero-order valence-electron chi connectivity index (χ0n) is 14.5. The summed E-state index contributed by atoms with van der Waals surface area (Å²) in [6.07, 6.45) is 1.34. The van der Waals surface area contributed by atoms with Gasteiger partial charge in [0.2, 0.25) is 0 Å². The minimum atomic E-state index is -0.522. The van der Waals surface area contributed by atoms with E-state index < -0.39 is 17.0 Å². The number of nitrogens with one attached hydrogen (secondary N) is 1.